The molecule has 2 aliphatic rings. The summed E-state index contributed by atoms with van der Waals surface area (Å²) in [5.74, 6) is -0.114. The molecule has 2 aliphatic heterocycles. The van der Waals surface area contributed by atoms with Crippen LogP contribution >= 0.6 is 0 Å². The quantitative estimate of drug-likeness (QED) is 0.488. The van der Waals surface area contributed by atoms with Crippen molar-refractivity contribution in [2.24, 2.45) is 0 Å². The number of sulfonamides is 1. The van der Waals surface area contributed by atoms with E-state index in [1.54, 1.807) is 16.7 Å². The number of fused-ring (bicyclic) bond motifs is 1. The van der Waals surface area contributed by atoms with Crippen molar-refractivity contribution in [3.05, 3.63) is 41.3 Å². The van der Waals surface area contributed by atoms with Crippen LogP contribution in [0.1, 0.15) is 42.7 Å². The van der Waals surface area contributed by atoms with Crippen LogP contribution in [0, 0.1) is 13.8 Å². The zero-order chi connectivity index (χ0) is 29.4. The van der Waals surface area contributed by atoms with Gasteiger partial charge in [-0.2, -0.15) is 0 Å². The van der Waals surface area contributed by atoms with Crippen LogP contribution in [0.4, 0.5) is 5.69 Å². The number of nitrogens with one attached hydrogen (secondary N) is 1. The molecule has 4 rings (SSSR count). The summed E-state index contributed by atoms with van der Waals surface area (Å²) in [6, 6.07) is 7.95. The number of carbonyl (C=O) groups is 2. The number of methoxy groups -OCH3 is 1. The highest BCUT2D eigenvalue weighted by molar-refractivity contribution is 7.89. The van der Waals surface area contributed by atoms with Gasteiger partial charge in [-0.25, -0.2) is 13.1 Å². The third-order valence-electron chi connectivity index (χ3n) is 7.62. The molecule has 0 atom stereocenters. The van der Waals surface area contributed by atoms with Gasteiger partial charge in [0.15, 0.2) is 5.76 Å². The molecule has 13 heteroatoms. The van der Waals surface area contributed by atoms with Crippen molar-refractivity contribution in [2.45, 2.75) is 57.0 Å². The molecular weight excluding hydrogens is 550 g/mol. The lowest BCUT2D eigenvalue weighted by molar-refractivity contribution is -0.132. The molecule has 0 radical (unpaired) electrons. The van der Waals surface area contributed by atoms with E-state index in [0.29, 0.717) is 45.4 Å². The van der Waals surface area contributed by atoms with Gasteiger partial charge in [0, 0.05) is 77.7 Å². The third kappa shape index (κ3) is 7.92. The number of nitrogens with zero attached hydrogens (tertiary/aromatic N) is 4. The van der Waals surface area contributed by atoms with E-state index in [0.717, 1.165) is 37.1 Å². The van der Waals surface area contributed by atoms with Gasteiger partial charge in [-0.1, -0.05) is 23.4 Å². The summed E-state index contributed by atoms with van der Waals surface area (Å²) < 4.78 is 44.0. The summed E-state index contributed by atoms with van der Waals surface area (Å²) in [6.07, 6.45) is 2.60. The van der Waals surface area contributed by atoms with Crippen molar-refractivity contribution in [3.8, 4) is 0 Å². The molecule has 1 aromatic heterocycles. The smallest absolute Gasteiger partial charge is 0.252 e. The molecular formula is C28H41N5O7S. The zero-order valence-corrected chi connectivity index (χ0v) is 25.0. The van der Waals surface area contributed by atoms with E-state index in [2.05, 4.69) is 14.8 Å². The molecule has 226 valence electrons. The molecule has 0 bridgehead atoms. The second-order valence-corrected chi connectivity index (χ2v) is 12.2. The highest BCUT2D eigenvalue weighted by Crippen LogP contribution is 2.25. The molecule has 1 fully saturated rings. The van der Waals surface area contributed by atoms with Crippen molar-refractivity contribution in [3.63, 3.8) is 0 Å². The van der Waals surface area contributed by atoms with Gasteiger partial charge in [-0.05, 0) is 44.7 Å². The van der Waals surface area contributed by atoms with Crippen LogP contribution in [0.15, 0.2) is 33.7 Å². The number of hydrogen-bond acceptors (Lipinski definition) is 9. The maximum absolute atomic E-state index is 13.6. The van der Waals surface area contributed by atoms with Crippen LogP contribution < -0.4 is 9.62 Å². The number of anilines is 1. The van der Waals surface area contributed by atoms with Crippen molar-refractivity contribution in [2.75, 3.05) is 64.6 Å². The summed E-state index contributed by atoms with van der Waals surface area (Å²) in [5, 5.41) is 3.72. The second kappa shape index (κ2) is 14.4. The normalized spacial score (nSPS) is 18.1. The molecule has 2 amide bonds. The fourth-order valence-electron chi connectivity index (χ4n) is 5.58. The van der Waals surface area contributed by atoms with Crippen molar-refractivity contribution in [1.82, 2.24) is 19.7 Å². The van der Waals surface area contributed by atoms with Crippen LogP contribution in [0.25, 0.3) is 0 Å². The zero-order valence-electron chi connectivity index (χ0n) is 24.1. The number of carbonyl (C=O) groups excluding carboxylic acids is 2. The minimum atomic E-state index is -3.88. The van der Waals surface area contributed by atoms with Gasteiger partial charge < -0.3 is 23.8 Å². The Hall–Kier alpha value is -2.84. The van der Waals surface area contributed by atoms with E-state index in [1.165, 1.54) is 14.0 Å². The summed E-state index contributed by atoms with van der Waals surface area (Å²) in [6.45, 7) is 7.18. The van der Waals surface area contributed by atoms with E-state index in [4.69, 9.17) is 14.0 Å². The van der Waals surface area contributed by atoms with Crippen LogP contribution in [-0.2, 0) is 35.6 Å². The number of ether oxygens (including phenoxy) is 2. The van der Waals surface area contributed by atoms with E-state index < -0.39 is 10.0 Å². The van der Waals surface area contributed by atoms with E-state index in [9.17, 15) is 18.0 Å². The first kappa shape index (κ1) is 31.1. The molecule has 0 saturated carbocycles. The van der Waals surface area contributed by atoms with Gasteiger partial charge in [0.1, 0.15) is 17.2 Å². The Morgan fingerprint density at radius 1 is 1.07 bits per heavy atom. The fourth-order valence-corrected chi connectivity index (χ4v) is 6.93. The molecule has 1 N–H and O–H groups in total. The Balaban J connectivity index is 1.54. The molecule has 41 heavy (non-hydrogen) atoms. The van der Waals surface area contributed by atoms with Crippen LogP contribution in [-0.4, -0.2) is 101 Å². The number of amides is 2. The van der Waals surface area contributed by atoms with Crippen LogP contribution in [0.2, 0.25) is 0 Å². The van der Waals surface area contributed by atoms with Crippen molar-refractivity contribution < 1.29 is 32.0 Å². The fraction of sp³-hybridized carbons (Fsp3) is 0.607. The lowest BCUT2D eigenvalue weighted by atomic mass is 10.1. The molecule has 1 saturated heterocycles. The maximum Gasteiger partial charge on any atom is 0.252 e. The van der Waals surface area contributed by atoms with Gasteiger partial charge in [0.2, 0.25) is 15.9 Å². The largest absolute Gasteiger partial charge is 0.381 e. The van der Waals surface area contributed by atoms with E-state index in [-0.39, 0.29) is 47.7 Å². The predicted octanol–water partition coefficient (Wildman–Crippen LogP) is 1.85. The number of aromatic nitrogens is 1. The second-order valence-electron chi connectivity index (χ2n) is 10.5. The van der Waals surface area contributed by atoms with Gasteiger partial charge >= 0.3 is 0 Å². The monoisotopic (exact) mass is 591 g/mol. The lowest BCUT2D eigenvalue weighted by Crippen LogP contribution is -2.45. The SMILES string of the molecule is COCC(=O)N1CCCN(C2CCOCC2)CCN(C(=O)CCNS(=O)(=O)c2c(C)noc2C)Cc2ccccc21. The Labute approximate surface area is 242 Å². The number of para-hydroxylation sites is 1. The first-order valence-electron chi connectivity index (χ1n) is 14.1. The number of aryl methyl sites for hydroxylation is 2. The van der Waals surface area contributed by atoms with Gasteiger partial charge in [-0.15, -0.1) is 0 Å². The van der Waals surface area contributed by atoms with E-state index in [1.807, 2.05) is 24.3 Å². The number of benzene rings is 1. The molecule has 1 aromatic carbocycles. The number of hydrogen-bond donors (Lipinski definition) is 1. The molecule has 0 aliphatic carbocycles. The van der Waals surface area contributed by atoms with Gasteiger partial charge in [0.25, 0.3) is 5.91 Å². The topological polar surface area (TPSA) is 135 Å². The highest BCUT2D eigenvalue weighted by Gasteiger charge is 2.28. The Morgan fingerprint density at radius 2 is 1.83 bits per heavy atom. The summed E-state index contributed by atoms with van der Waals surface area (Å²) in [5.41, 5.74) is 1.87. The Kier molecular flexibility index (Phi) is 10.9. The van der Waals surface area contributed by atoms with Crippen molar-refractivity contribution in [1.29, 1.82) is 0 Å². The maximum atomic E-state index is 13.6. The average molecular weight is 592 g/mol. The molecule has 0 spiro atoms. The predicted molar refractivity (Wildman–Crippen MR) is 152 cm³/mol. The Morgan fingerprint density at radius 3 is 2.54 bits per heavy atom. The summed E-state index contributed by atoms with van der Waals surface area (Å²) in [7, 11) is -2.38. The van der Waals surface area contributed by atoms with Crippen LogP contribution in [0.5, 0.6) is 0 Å². The van der Waals surface area contributed by atoms with Gasteiger partial charge in [-0.3, -0.25) is 14.5 Å². The molecule has 2 aromatic rings. The van der Waals surface area contributed by atoms with Gasteiger partial charge in [0.05, 0.1) is 0 Å². The minimum absolute atomic E-state index is 0.00189. The lowest BCUT2D eigenvalue weighted by Gasteiger charge is -2.35. The van der Waals surface area contributed by atoms with E-state index >= 15 is 0 Å². The minimum Gasteiger partial charge on any atom is -0.381 e. The average Bonchev–Trinajstić information content (AvgIpc) is 3.29. The molecule has 12 nitrogen and oxygen atoms in total. The number of rotatable bonds is 8. The first-order valence-corrected chi connectivity index (χ1v) is 15.6. The van der Waals surface area contributed by atoms with Crippen molar-refractivity contribution >= 4 is 27.5 Å². The molecule has 3 heterocycles. The standard InChI is InChI=1S/C28H41N5O7S/c1-21-28(22(2)40-30-21)41(36,37)29-12-9-26(34)32-16-15-31(24-10-17-39-18-11-24)13-6-14-33(27(35)20-38-3)25-8-5-4-7-23(25)19-32/h4-5,7-8,24,29H,6,9-20H2,1-3H3. The van der Waals surface area contributed by atoms with Crippen LogP contribution in [0.3, 0.4) is 0 Å². The summed E-state index contributed by atoms with van der Waals surface area (Å²) >= 11 is 0. The highest BCUT2D eigenvalue weighted by atomic mass is 32.2. The summed E-state index contributed by atoms with van der Waals surface area (Å²) in [4.78, 5) is 32.6. The third-order valence-corrected chi connectivity index (χ3v) is 9.33. The Bertz CT molecular complexity index is 1270. The first-order chi connectivity index (χ1) is 19.7. The molecule has 0 unspecified atom stereocenters.